The van der Waals surface area contributed by atoms with Crippen LogP contribution in [0.1, 0.15) is 22.1 Å². The van der Waals surface area contributed by atoms with Crippen LogP contribution in [0.2, 0.25) is 0 Å². The highest BCUT2D eigenvalue weighted by molar-refractivity contribution is 6.04. The lowest BCUT2D eigenvalue weighted by molar-refractivity contribution is -0.140. The molecular formula is C20H20F2N4O5. The van der Waals surface area contributed by atoms with Crippen molar-refractivity contribution in [1.29, 1.82) is 0 Å². The van der Waals surface area contributed by atoms with Crippen LogP contribution >= 0.6 is 0 Å². The van der Waals surface area contributed by atoms with Gasteiger partial charge in [-0.1, -0.05) is 6.58 Å². The third-order valence-electron chi connectivity index (χ3n) is 5.46. The number of allylic oxidation sites excluding steroid dienone is 1. The average Bonchev–Trinajstić information content (AvgIpc) is 3.14. The fraction of sp³-hybridized carbons (Fsp3) is 0.350. The van der Waals surface area contributed by atoms with Gasteiger partial charge in [-0.25, -0.2) is 4.79 Å². The molecule has 11 heteroatoms. The standard InChI is InChI=1S/C20H20F2N4O5/c1-10-7-12-8-11(3-4-13(12)25(10)2)17(29)23-15-5-6-26(19(30)24-15)18-20(21,22)16(28)14(9-27)31-18/h3-6,8,14,16,18,27-28H,1,7,9H2,2H3,(H,23,24,29,30)/t14-,16-,18?/m1/s1. The molecule has 1 aromatic carbocycles. The highest BCUT2D eigenvalue weighted by atomic mass is 19.3. The molecule has 3 heterocycles. The van der Waals surface area contributed by atoms with Crippen molar-refractivity contribution in [1.82, 2.24) is 9.55 Å². The first-order valence-corrected chi connectivity index (χ1v) is 9.40. The predicted molar refractivity (Wildman–Crippen MR) is 106 cm³/mol. The van der Waals surface area contributed by atoms with Gasteiger partial charge in [-0.15, -0.1) is 0 Å². The second kappa shape index (κ2) is 7.52. The molecule has 0 radical (unpaired) electrons. The quantitative estimate of drug-likeness (QED) is 0.654. The number of alkyl halides is 2. The van der Waals surface area contributed by atoms with Crippen LogP contribution in [0.15, 0.2) is 47.5 Å². The van der Waals surface area contributed by atoms with Crippen molar-refractivity contribution in [3.05, 3.63) is 64.3 Å². The van der Waals surface area contributed by atoms with Crippen LogP contribution in [-0.4, -0.2) is 57.5 Å². The molecule has 1 amide bonds. The summed E-state index contributed by atoms with van der Waals surface area (Å²) in [6.45, 7) is 3.11. The van der Waals surface area contributed by atoms with Gasteiger partial charge in [-0.2, -0.15) is 13.8 Å². The van der Waals surface area contributed by atoms with E-state index in [-0.39, 0.29) is 5.82 Å². The molecule has 2 aliphatic heterocycles. The van der Waals surface area contributed by atoms with E-state index in [0.717, 1.165) is 23.1 Å². The minimum atomic E-state index is -3.81. The van der Waals surface area contributed by atoms with Gasteiger partial charge in [0.25, 0.3) is 5.91 Å². The van der Waals surface area contributed by atoms with Crippen molar-refractivity contribution < 1.29 is 28.5 Å². The predicted octanol–water partition coefficient (Wildman–Crippen LogP) is 0.887. The van der Waals surface area contributed by atoms with Crippen molar-refractivity contribution in [2.75, 3.05) is 23.9 Å². The van der Waals surface area contributed by atoms with E-state index in [2.05, 4.69) is 16.9 Å². The van der Waals surface area contributed by atoms with Crippen LogP contribution in [0, 0.1) is 0 Å². The number of likely N-dealkylation sites (N-methyl/N-ethyl adjacent to an activating group) is 1. The largest absolute Gasteiger partial charge is 0.394 e. The van der Waals surface area contributed by atoms with Gasteiger partial charge in [0.1, 0.15) is 11.9 Å². The number of halogens is 2. The van der Waals surface area contributed by atoms with Gasteiger partial charge in [0, 0.05) is 36.6 Å². The molecule has 0 saturated carbocycles. The Morgan fingerprint density at radius 2 is 2.16 bits per heavy atom. The van der Waals surface area contributed by atoms with Gasteiger partial charge in [0.2, 0.25) is 6.23 Å². The molecule has 2 aliphatic rings. The highest BCUT2D eigenvalue weighted by Gasteiger charge is 2.59. The van der Waals surface area contributed by atoms with Gasteiger partial charge in [0.05, 0.1) is 6.61 Å². The van der Waals surface area contributed by atoms with E-state index >= 15 is 0 Å². The Morgan fingerprint density at radius 1 is 1.42 bits per heavy atom. The summed E-state index contributed by atoms with van der Waals surface area (Å²) in [5, 5.41) is 21.1. The number of aromatic nitrogens is 2. The molecule has 1 aromatic heterocycles. The third kappa shape index (κ3) is 3.50. The maximum Gasteiger partial charge on any atom is 0.351 e. The van der Waals surface area contributed by atoms with E-state index in [4.69, 9.17) is 9.84 Å². The number of ether oxygens (including phenoxy) is 1. The Morgan fingerprint density at radius 3 is 2.81 bits per heavy atom. The fourth-order valence-corrected chi connectivity index (χ4v) is 3.67. The molecule has 0 bridgehead atoms. The molecule has 1 fully saturated rings. The average molecular weight is 434 g/mol. The summed E-state index contributed by atoms with van der Waals surface area (Å²) >= 11 is 0. The van der Waals surface area contributed by atoms with Crippen molar-refractivity contribution >= 4 is 17.4 Å². The van der Waals surface area contributed by atoms with Gasteiger partial charge < -0.3 is 25.2 Å². The number of nitrogens with one attached hydrogen (secondary N) is 1. The molecule has 2 aromatic rings. The molecule has 1 saturated heterocycles. The van der Waals surface area contributed by atoms with Gasteiger partial charge in [0.15, 0.2) is 6.10 Å². The summed E-state index contributed by atoms with van der Waals surface area (Å²) in [5.41, 5.74) is 2.01. The van der Waals surface area contributed by atoms with Crippen LogP contribution in [-0.2, 0) is 11.2 Å². The summed E-state index contributed by atoms with van der Waals surface area (Å²) in [6.07, 6.45) is -4.36. The minimum absolute atomic E-state index is 0.131. The molecule has 4 rings (SSSR count). The number of aliphatic hydroxyl groups excluding tert-OH is 2. The number of aliphatic hydroxyl groups is 2. The maximum absolute atomic E-state index is 14.2. The Hall–Kier alpha value is -3.15. The van der Waals surface area contributed by atoms with E-state index in [1.54, 1.807) is 18.2 Å². The van der Waals surface area contributed by atoms with Crippen molar-refractivity contribution in [2.45, 2.75) is 30.8 Å². The Bertz CT molecular complexity index is 1120. The van der Waals surface area contributed by atoms with Crippen molar-refractivity contribution in [2.24, 2.45) is 0 Å². The van der Waals surface area contributed by atoms with Crippen molar-refractivity contribution in [3.8, 4) is 0 Å². The zero-order valence-electron chi connectivity index (χ0n) is 16.5. The Kier molecular flexibility index (Phi) is 5.12. The van der Waals surface area contributed by atoms with Gasteiger partial charge in [-0.05, 0) is 29.8 Å². The SMILES string of the molecule is C=C1Cc2cc(C(=O)Nc3ccn(C4O[C@H](CO)[C@@H](O)C4(F)F)c(=O)n3)ccc2N1C. The smallest absolute Gasteiger partial charge is 0.351 e. The summed E-state index contributed by atoms with van der Waals surface area (Å²) in [4.78, 5) is 30.4. The topological polar surface area (TPSA) is 117 Å². The molecule has 31 heavy (non-hydrogen) atoms. The molecule has 164 valence electrons. The summed E-state index contributed by atoms with van der Waals surface area (Å²) in [6, 6.07) is 6.29. The van der Waals surface area contributed by atoms with Crippen molar-refractivity contribution in [3.63, 3.8) is 0 Å². The molecule has 3 atom stereocenters. The van der Waals surface area contributed by atoms with E-state index in [1.165, 1.54) is 6.07 Å². The summed E-state index contributed by atoms with van der Waals surface area (Å²) in [7, 11) is 1.88. The first kappa shape index (κ1) is 21.1. The second-order valence-corrected chi connectivity index (χ2v) is 7.43. The number of hydrogen-bond acceptors (Lipinski definition) is 7. The number of amides is 1. The number of fused-ring (bicyclic) bond motifs is 1. The van der Waals surface area contributed by atoms with E-state index in [0.29, 0.717) is 16.6 Å². The van der Waals surface area contributed by atoms with Gasteiger partial charge in [-0.3, -0.25) is 9.36 Å². The first-order chi connectivity index (χ1) is 14.6. The molecular weight excluding hydrogens is 414 g/mol. The number of carbonyl (C=O) groups is 1. The van der Waals surface area contributed by atoms with Crippen LogP contribution in [0.25, 0.3) is 0 Å². The number of hydrogen-bond donors (Lipinski definition) is 3. The minimum Gasteiger partial charge on any atom is -0.394 e. The second-order valence-electron chi connectivity index (χ2n) is 7.43. The van der Waals surface area contributed by atoms with Crippen LogP contribution in [0.3, 0.4) is 0 Å². The lowest BCUT2D eigenvalue weighted by Crippen LogP contribution is -2.41. The molecule has 0 spiro atoms. The molecule has 9 nitrogen and oxygen atoms in total. The summed E-state index contributed by atoms with van der Waals surface area (Å²) < 4.78 is 33.9. The highest BCUT2D eigenvalue weighted by Crippen LogP contribution is 2.42. The van der Waals surface area contributed by atoms with Crippen LogP contribution < -0.4 is 15.9 Å². The lowest BCUT2D eigenvalue weighted by atomic mass is 10.1. The molecule has 3 N–H and O–H groups in total. The number of carbonyl (C=O) groups excluding carboxylic acids is 1. The van der Waals surface area contributed by atoms with Gasteiger partial charge >= 0.3 is 11.6 Å². The lowest BCUT2D eigenvalue weighted by Gasteiger charge is -2.21. The first-order valence-electron chi connectivity index (χ1n) is 9.40. The Labute approximate surface area is 175 Å². The monoisotopic (exact) mass is 434 g/mol. The van der Waals surface area contributed by atoms with Crippen LogP contribution in [0.4, 0.5) is 20.3 Å². The third-order valence-corrected chi connectivity index (χ3v) is 5.46. The number of anilines is 2. The maximum atomic E-state index is 14.2. The summed E-state index contributed by atoms with van der Waals surface area (Å²) in [5.74, 6) is -4.47. The van der Waals surface area contributed by atoms with E-state index < -0.39 is 42.6 Å². The van der Waals surface area contributed by atoms with Crippen LogP contribution in [0.5, 0.6) is 0 Å². The molecule has 1 unspecified atom stereocenters. The zero-order valence-corrected chi connectivity index (χ0v) is 16.5. The number of nitrogens with zero attached hydrogens (tertiary/aromatic N) is 3. The Balaban J connectivity index is 1.53. The number of rotatable bonds is 4. The van der Waals surface area contributed by atoms with E-state index in [9.17, 15) is 23.5 Å². The van der Waals surface area contributed by atoms with E-state index in [1.807, 2.05) is 11.9 Å². The fourth-order valence-electron chi connectivity index (χ4n) is 3.67. The molecule has 0 aliphatic carbocycles. The number of benzene rings is 1. The normalized spacial score (nSPS) is 24.4. The zero-order chi connectivity index (χ0) is 22.5.